The van der Waals surface area contributed by atoms with E-state index in [-0.39, 0.29) is 0 Å². The average Bonchev–Trinajstić information content (AvgIpc) is 3.12. The van der Waals surface area contributed by atoms with Crippen LogP contribution in [-0.2, 0) is 0 Å². The molecule has 2 heteroatoms. The lowest BCUT2D eigenvalue weighted by Crippen LogP contribution is -1.92. The lowest BCUT2D eigenvalue weighted by atomic mass is 9.92. The Morgan fingerprint density at radius 3 is 2.59 bits per heavy atom. The molecule has 0 aliphatic heterocycles. The highest BCUT2D eigenvalue weighted by Crippen LogP contribution is 2.45. The van der Waals surface area contributed by atoms with E-state index in [0.717, 1.165) is 10.3 Å². The molecule has 0 amide bonds. The smallest absolute Gasteiger partial charge is 0.173 e. The normalized spacial score (nSPS) is 16.4. The van der Waals surface area contributed by atoms with Crippen molar-refractivity contribution in [2.45, 2.75) is 51.4 Å². The Balaban J connectivity index is 2.01. The fourth-order valence-electron chi connectivity index (χ4n) is 3.88. The van der Waals surface area contributed by atoms with Crippen molar-refractivity contribution in [3.8, 4) is 0 Å². The summed E-state index contributed by atoms with van der Waals surface area (Å²) in [6.45, 7) is 4.50. The van der Waals surface area contributed by atoms with Crippen molar-refractivity contribution < 1.29 is 4.42 Å². The van der Waals surface area contributed by atoms with Gasteiger partial charge >= 0.3 is 0 Å². The number of halogens is 1. The lowest BCUT2D eigenvalue weighted by Gasteiger charge is -2.11. The summed E-state index contributed by atoms with van der Waals surface area (Å²) in [7, 11) is 0. The second-order valence-electron chi connectivity index (χ2n) is 6.84. The first-order chi connectivity index (χ1) is 10.6. The average molecular weight is 357 g/mol. The molecular formula is C20H21BrO. The summed E-state index contributed by atoms with van der Waals surface area (Å²) >= 11 is 3.68. The molecule has 0 bridgehead atoms. The van der Waals surface area contributed by atoms with Gasteiger partial charge in [-0.3, -0.25) is 0 Å². The number of fused-ring (bicyclic) bond motifs is 3. The van der Waals surface area contributed by atoms with Crippen LogP contribution in [0, 0.1) is 0 Å². The van der Waals surface area contributed by atoms with Gasteiger partial charge in [-0.05, 0) is 63.0 Å². The lowest BCUT2D eigenvalue weighted by molar-refractivity contribution is 0.570. The monoisotopic (exact) mass is 356 g/mol. The van der Waals surface area contributed by atoms with Gasteiger partial charge in [0.25, 0.3) is 0 Å². The minimum atomic E-state index is 0.561. The summed E-state index contributed by atoms with van der Waals surface area (Å²) in [6.07, 6.45) is 5.25. The molecule has 1 heterocycles. The first-order valence-corrected chi connectivity index (χ1v) is 9.09. The van der Waals surface area contributed by atoms with Crippen LogP contribution < -0.4 is 0 Å². The van der Waals surface area contributed by atoms with Gasteiger partial charge in [-0.2, -0.15) is 0 Å². The number of rotatable bonds is 2. The third-order valence-corrected chi connectivity index (χ3v) is 5.71. The zero-order valence-electron chi connectivity index (χ0n) is 13.2. The topological polar surface area (TPSA) is 13.1 Å². The molecule has 22 heavy (non-hydrogen) atoms. The van der Waals surface area contributed by atoms with E-state index < -0.39 is 0 Å². The molecule has 1 aliphatic rings. The van der Waals surface area contributed by atoms with E-state index in [1.807, 2.05) is 0 Å². The second kappa shape index (κ2) is 5.42. The Hall–Kier alpha value is -1.28. The molecule has 1 saturated carbocycles. The van der Waals surface area contributed by atoms with Crippen molar-refractivity contribution in [1.29, 1.82) is 0 Å². The quantitative estimate of drug-likeness (QED) is 0.475. The molecule has 1 fully saturated rings. The maximum Gasteiger partial charge on any atom is 0.173 e. The molecule has 1 nitrogen and oxygen atoms in total. The largest absolute Gasteiger partial charge is 0.449 e. The number of benzene rings is 2. The Labute approximate surface area is 139 Å². The van der Waals surface area contributed by atoms with E-state index in [4.69, 9.17) is 4.42 Å². The molecule has 0 saturated heterocycles. The highest BCUT2D eigenvalue weighted by molar-refractivity contribution is 9.10. The van der Waals surface area contributed by atoms with Gasteiger partial charge in [0.1, 0.15) is 5.58 Å². The van der Waals surface area contributed by atoms with Crippen LogP contribution in [0.5, 0.6) is 0 Å². The van der Waals surface area contributed by atoms with Crippen molar-refractivity contribution in [2.75, 3.05) is 0 Å². The van der Waals surface area contributed by atoms with Gasteiger partial charge in [-0.25, -0.2) is 0 Å². The Bertz CT molecular complexity index is 838. The van der Waals surface area contributed by atoms with Gasteiger partial charge in [0.15, 0.2) is 4.67 Å². The van der Waals surface area contributed by atoms with Crippen molar-refractivity contribution >= 4 is 37.7 Å². The summed E-state index contributed by atoms with van der Waals surface area (Å²) in [5, 5.41) is 3.98. The molecule has 3 aromatic rings. The Kier molecular flexibility index (Phi) is 3.53. The maximum absolute atomic E-state index is 6.01. The minimum Gasteiger partial charge on any atom is -0.449 e. The van der Waals surface area contributed by atoms with Crippen molar-refractivity contribution in [3.05, 3.63) is 46.1 Å². The van der Waals surface area contributed by atoms with Gasteiger partial charge in [0.05, 0.1) is 0 Å². The van der Waals surface area contributed by atoms with Crippen molar-refractivity contribution in [2.24, 2.45) is 0 Å². The van der Waals surface area contributed by atoms with Crippen LogP contribution in [0.1, 0.15) is 62.5 Å². The summed E-state index contributed by atoms with van der Waals surface area (Å²) in [5.41, 5.74) is 3.81. The Morgan fingerprint density at radius 2 is 1.86 bits per heavy atom. The molecule has 0 atom stereocenters. The fraction of sp³-hybridized carbons (Fsp3) is 0.400. The predicted molar refractivity (Wildman–Crippen MR) is 96.7 cm³/mol. The molecule has 0 spiro atoms. The molecule has 114 valence electrons. The fourth-order valence-corrected chi connectivity index (χ4v) is 4.58. The molecule has 1 aromatic heterocycles. The maximum atomic E-state index is 6.01. The van der Waals surface area contributed by atoms with Crippen LogP contribution in [-0.4, -0.2) is 0 Å². The molecule has 0 radical (unpaired) electrons. The van der Waals surface area contributed by atoms with Crippen LogP contribution >= 0.6 is 15.9 Å². The van der Waals surface area contributed by atoms with Crippen LogP contribution in [0.3, 0.4) is 0 Å². The summed E-state index contributed by atoms with van der Waals surface area (Å²) in [4.78, 5) is 0. The van der Waals surface area contributed by atoms with Gasteiger partial charge in [0, 0.05) is 10.9 Å². The molecule has 0 unspecified atom stereocenters. The van der Waals surface area contributed by atoms with E-state index in [2.05, 4.69) is 60.1 Å². The molecule has 2 aromatic carbocycles. The molecule has 1 aliphatic carbocycles. The zero-order chi connectivity index (χ0) is 15.3. The third-order valence-electron chi connectivity index (χ3n) is 5.12. The molecule has 4 rings (SSSR count). The van der Waals surface area contributed by atoms with Crippen LogP contribution in [0.2, 0.25) is 0 Å². The first-order valence-electron chi connectivity index (χ1n) is 8.29. The number of hydrogen-bond acceptors (Lipinski definition) is 1. The predicted octanol–water partition coefficient (Wildman–Crippen LogP) is 7.13. The van der Waals surface area contributed by atoms with Crippen molar-refractivity contribution in [3.63, 3.8) is 0 Å². The second-order valence-corrected chi connectivity index (χ2v) is 7.57. The van der Waals surface area contributed by atoms with E-state index >= 15 is 0 Å². The summed E-state index contributed by atoms with van der Waals surface area (Å²) in [5.74, 6) is 1.21. The third kappa shape index (κ3) is 2.20. The van der Waals surface area contributed by atoms with Gasteiger partial charge in [-0.1, -0.05) is 51.0 Å². The van der Waals surface area contributed by atoms with E-state index in [9.17, 15) is 0 Å². The first kappa shape index (κ1) is 14.3. The summed E-state index contributed by atoms with van der Waals surface area (Å²) in [6, 6.07) is 11.2. The highest BCUT2D eigenvalue weighted by Gasteiger charge is 2.25. The number of hydrogen-bond donors (Lipinski definition) is 0. The molecular weight excluding hydrogens is 336 g/mol. The summed E-state index contributed by atoms with van der Waals surface area (Å²) < 4.78 is 6.95. The van der Waals surface area contributed by atoms with E-state index in [0.29, 0.717) is 11.8 Å². The standard InChI is InChI=1S/C20H21BrO/c1-12(2)14-7-9-16-15(11-14)8-10-17-19(16)18(20(21)22-17)13-5-3-4-6-13/h7-13H,3-6H2,1-2H3. The minimum absolute atomic E-state index is 0.561. The van der Waals surface area contributed by atoms with Crippen LogP contribution in [0.25, 0.3) is 21.7 Å². The molecule has 0 N–H and O–H groups in total. The van der Waals surface area contributed by atoms with Gasteiger partial charge in [0.2, 0.25) is 0 Å². The highest BCUT2D eigenvalue weighted by atomic mass is 79.9. The van der Waals surface area contributed by atoms with Gasteiger partial charge < -0.3 is 4.42 Å². The van der Waals surface area contributed by atoms with E-state index in [1.165, 1.54) is 53.0 Å². The van der Waals surface area contributed by atoms with Crippen LogP contribution in [0.4, 0.5) is 0 Å². The van der Waals surface area contributed by atoms with Crippen molar-refractivity contribution in [1.82, 2.24) is 0 Å². The number of furan rings is 1. The Morgan fingerprint density at radius 1 is 1.09 bits per heavy atom. The van der Waals surface area contributed by atoms with Gasteiger partial charge in [-0.15, -0.1) is 0 Å². The SMILES string of the molecule is CC(C)c1ccc2c(ccc3oc(Br)c(C4CCCC4)c32)c1. The zero-order valence-corrected chi connectivity index (χ0v) is 14.7. The van der Waals surface area contributed by atoms with Crippen LogP contribution in [0.15, 0.2) is 39.4 Å². The van der Waals surface area contributed by atoms with E-state index in [1.54, 1.807) is 0 Å².